The second-order valence-electron chi connectivity index (χ2n) is 12.5. The maximum Gasteiger partial charge on any atom is 0.315 e. The molecule has 2 aliphatic carbocycles. The average molecular weight is 639 g/mol. The Morgan fingerprint density at radius 3 is 1.07 bits per heavy atom. The first-order chi connectivity index (χ1) is 22.0. The fourth-order valence-electron chi connectivity index (χ4n) is 10.6. The minimum atomic E-state index is -1.63. The van der Waals surface area contributed by atoms with Gasteiger partial charge in [-0.25, -0.2) is 0 Å². The first-order valence-electron chi connectivity index (χ1n) is 14.6. The maximum atomic E-state index is 14.4. The van der Waals surface area contributed by atoms with E-state index in [4.69, 9.17) is 28.4 Å². The molecule has 46 heavy (non-hydrogen) atoms. The molecule has 0 aromatic heterocycles. The van der Waals surface area contributed by atoms with Crippen molar-refractivity contribution in [2.45, 2.75) is 36.0 Å². The van der Waals surface area contributed by atoms with Crippen LogP contribution >= 0.6 is 0 Å². The fraction of sp³-hybridized carbons (Fsp3) is 0.500. The molecule has 14 heteroatoms. The lowest BCUT2D eigenvalue weighted by Crippen LogP contribution is -3.09. The van der Waals surface area contributed by atoms with E-state index in [0.29, 0.717) is 11.1 Å². The Morgan fingerprint density at radius 2 is 0.826 bits per heavy atom. The van der Waals surface area contributed by atoms with Gasteiger partial charge in [0.2, 0.25) is 0 Å². The molecule has 8 rings (SSSR count). The van der Waals surface area contributed by atoms with Crippen molar-refractivity contribution in [2.24, 2.45) is 21.7 Å². The number of hydrogen-bond acceptors (Lipinski definition) is 14. The number of esters is 4. The van der Waals surface area contributed by atoms with Crippen molar-refractivity contribution in [2.75, 3.05) is 42.7 Å². The molecule has 4 N–H and O–H groups in total. The molecule has 14 nitrogen and oxygen atoms in total. The van der Waals surface area contributed by atoms with Crippen LogP contribution in [-0.2, 0) is 38.1 Å². The number of carbonyl (C=O) groups excluding carboxylic acids is 4. The molecule has 2 aromatic rings. The highest BCUT2D eigenvalue weighted by Crippen LogP contribution is 2.88. The van der Waals surface area contributed by atoms with E-state index < -0.39 is 81.5 Å². The van der Waals surface area contributed by atoms with Gasteiger partial charge in [-0.2, -0.15) is 0 Å². The van der Waals surface area contributed by atoms with Crippen molar-refractivity contribution in [1.82, 2.24) is 10.6 Å². The van der Waals surface area contributed by atoms with Gasteiger partial charge in [0.25, 0.3) is 0 Å². The normalized spacial score (nSPS) is 38.5. The van der Waals surface area contributed by atoms with Gasteiger partial charge in [-0.3, -0.25) is 19.2 Å². The van der Waals surface area contributed by atoms with E-state index in [1.54, 1.807) is 12.1 Å². The minimum absolute atomic E-state index is 0.0917. The third-order valence-electron chi connectivity index (χ3n) is 11.6. The Hall–Kier alpha value is -4.56. The van der Waals surface area contributed by atoms with Gasteiger partial charge in [0, 0.05) is 36.0 Å². The van der Waals surface area contributed by atoms with Crippen molar-refractivity contribution in [1.29, 1.82) is 0 Å². The highest BCUT2D eigenvalue weighted by molar-refractivity contribution is 6.02. The summed E-state index contributed by atoms with van der Waals surface area (Å²) in [6, 6.07) is 4.83. The van der Waals surface area contributed by atoms with E-state index in [1.165, 1.54) is 66.9 Å². The van der Waals surface area contributed by atoms with E-state index in [1.807, 2.05) is 0 Å². The van der Waals surface area contributed by atoms with Crippen molar-refractivity contribution in [3.05, 3.63) is 47.5 Å². The molecule has 2 aromatic carbocycles. The van der Waals surface area contributed by atoms with E-state index >= 15 is 0 Å². The number of ether oxygens (including phenoxy) is 6. The minimum Gasteiger partial charge on any atom is -0.504 e. The zero-order valence-corrected chi connectivity index (χ0v) is 25.9. The lowest BCUT2D eigenvalue weighted by Gasteiger charge is -2.91. The summed E-state index contributed by atoms with van der Waals surface area (Å²) in [5.41, 5.74) is -5.66. The first-order valence-corrected chi connectivity index (χ1v) is 14.6. The summed E-state index contributed by atoms with van der Waals surface area (Å²) in [5, 5.41) is 27.8. The van der Waals surface area contributed by atoms with Crippen LogP contribution in [0.15, 0.2) is 36.4 Å². The summed E-state index contributed by atoms with van der Waals surface area (Å²) in [5.74, 6) is -5.06. The molecule has 0 radical (unpaired) electrons. The quantitative estimate of drug-likeness (QED) is 0.229. The number of hydrogen-bond donors (Lipinski definition) is 4. The second kappa shape index (κ2) is 9.48. The summed E-state index contributed by atoms with van der Waals surface area (Å²) < 4.78 is 32.7. The summed E-state index contributed by atoms with van der Waals surface area (Å²) in [4.78, 5) is 57.4. The van der Waals surface area contributed by atoms with Crippen LogP contribution in [0.3, 0.4) is 0 Å². The van der Waals surface area contributed by atoms with Gasteiger partial charge < -0.3 is 49.3 Å². The predicted molar refractivity (Wildman–Crippen MR) is 154 cm³/mol. The van der Waals surface area contributed by atoms with Crippen molar-refractivity contribution < 1.29 is 57.8 Å². The summed E-state index contributed by atoms with van der Waals surface area (Å²) in [6.45, 7) is 0. The molecule has 244 valence electrons. The molecule has 0 spiro atoms. The van der Waals surface area contributed by atoms with Gasteiger partial charge in [-0.05, 0) is 35.4 Å². The topological polar surface area (TPSA) is 188 Å². The molecular weight excluding hydrogens is 604 g/mol. The largest absolute Gasteiger partial charge is 0.504 e. The molecule has 0 unspecified atom stereocenters. The molecule has 6 fully saturated rings. The fourth-order valence-corrected chi connectivity index (χ4v) is 10.6. The third-order valence-corrected chi connectivity index (χ3v) is 11.6. The lowest BCUT2D eigenvalue weighted by molar-refractivity contribution is -0.365. The molecule has 4 saturated heterocycles. The molecule has 6 aliphatic rings. The molecule has 4 heterocycles. The average Bonchev–Trinajstić information content (AvgIpc) is 3.05. The van der Waals surface area contributed by atoms with Crippen molar-refractivity contribution in [3.8, 4) is 23.0 Å². The zero-order valence-electron chi connectivity index (χ0n) is 25.9. The van der Waals surface area contributed by atoms with Crippen LogP contribution in [0.1, 0.15) is 23.0 Å². The Balaban J connectivity index is 1.61. The number of phenols is 2. The highest BCUT2D eigenvalue weighted by Gasteiger charge is 3.03. The number of carbonyl (C=O) groups is 4. The monoisotopic (exact) mass is 638 g/mol. The van der Waals surface area contributed by atoms with Gasteiger partial charge in [0.05, 0.1) is 42.7 Å². The van der Waals surface area contributed by atoms with Crippen LogP contribution in [0.2, 0.25) is 0 Å². The Bertz CT molecular complexity index is 1500. The lowest BCUT2D eigenvalue weighted by atomic mass is 9.16. The number of rotatable bonds is 8. The Labute approximate surface area is 263 Å². The van der Waals surface area contributed by atoms with Crippen LogP contribution in [-0.4, -0.2) is 101 Å². The maximum absolute atomic E-state index is 14.4. The molecule has 2 saturated carbocycles. The third kappa shape index (κ3) is 2.76. The van der Waals surface area contributed by atoms with E-state index in [2.05, 4.69) is 10.6 Å². The second-order valence-corrected chi connectivity index (χ2v) is 12.5. The summed E-state index contributed by atoms with van der Waals surface area (Å²) in [6.07, 6.45) is 0. The number of benzene rings is 2. The summed E-state index contributed by atoms with van der Waals surface area (Å²) >= 11 is 0. The zero-order chi connectivity index (χ0) is 33.1. The van der Waals surface area contributed by atoms with Crippen LogP contribution < -0.4 is 20.1 Å². The van der Waals surface area contributed by atoms with Gasteiger partial charge >= 0.3 is 23.9 Å². The standard InChI is InChI=1S/C32H34N2O12/c1-41-17-11-13(7-9-15(17)35)19-29(25(37)43-3)21-31(27(39)45-5)20(14-8-10-16(36)18(12-14)42-2)32(28(40)46-6)23(33-21)30(19,26(38)44-4)24(32)34-22(29)31/h7-12,19-24,33-36H,1-6H3. The number of piperidine rings is 4. The number of methoxy groups -OCH3 is 6. The van der Waals surface area contributed by atoms with E-state index in [0.717, 1.165) is 0 Å². The predicted octanol–water partition coefficient (Wildman–Crippen LogP) is 0.342. The van der Waals surface area contributed by atoms with Crippen LogP contribution in [0.25, 0.3) is 0 Å². The smallest absolute Gasteiger partial charge is 0.315 e. The van der Waals surface area contributed by atoms with Gasteiger partial charge in [0.15, 0.2) is 23.0 Å². The van der Waals surface area contributed by atoms with Crippen LogP contribution in [0.5, 0.6) is 23.0 Å². The van der Waals surface area contributed by atoms with Gasteiger partial charge in [-0.15, -0.1) is 0 Å². The number of phenolic OH excluding ortho intramolecular Hbond substituents is 2. The summed E-state index contributed by atoms with van der Waals surface area (Å²) in [7, 11) is 7.63. The van der Waals surface area contributed by atoms with Crippen molar-refractivity contribution >= 4 is 23.9 Å². The van der Waals surface area contributed by atoms with Crippen LogP contribution in [0.4, 0.5) is 0 Å². The van der Waals surface area contributed by atoms with Gasteiger partial charge in [0.1, 0.15) is 21.7 Å². The van der Waals surface area contributed by atoms with Crippen molar-refractivity contribution in [3.63, 3.8) is 0 Å². The molecule has 0 amide bonds. The van der Waals surface area contributed by atoms with Crippen LogP contribution in [0, 0.1) is 21.7 Å². The Morgan fingerprint density at radius 1 is 0.543 bits per heavy atom. The Kier molecular flexibility index (Phi) is 6.21. The highest BCUT2D eigenvalue weighted by atomic mass is 16.5. The van der Waals surface area contributed by atoms with E-state index in [-0.39, 0.29) is 23.0 Å². The number of aromatic hydroxyl groups is 2. The molecule has 8 bridgehead atoms. The van der Waals surface area contributed by atoms with E-state index in [9.17, 15) is 29.4 Å². The first kappa shape index (κ1) is 30.1. The SMILES string of the molecule is COC(=O)C12C3NC4C(C(=O)OC)(C5NC1C3(C(=O)OC)C(c1ccc(O)c(OC)c1)C45C(=O)OC)C2c1ccc(O)c(OC)c1. The molecular formula is C32H34N2O12. The number of nitrogens with one attached hydrogen (secondary N) is 2. The van der Waals surface area contributed by atoms with Gasteiger partial charge in [-0.1, -0.05) is 12.1 Å². The molecule has 0 atom stereocenters. The molecule has 4 aliphatic heterocycles.